The summed E-state index contributed by atoms with van der Waals surface area (Å²) in [6.07, 6.45) is 3.89. The van der Waals surface area contributed by atoms with E-state index in [1.54, 1.807) is 24.3 Å². The van der Waals surface area contributed by atoms with E-state index in [4.69, 9.17) is 11.6 Å². The molecular formula is C23H29ClN2O4. The number of nitrogens with one attached hydrogen (secondary N) is 1. The van der Waals surface area contributed by atoms with Crippen LogP contribution < -0.4 is 5.32 Å². The number of carboxylic acid groups (broad SMARTS) is 1. The predicted octanol–water partition coefficient (Wildman–Crippen LogP) is 3.75. The summed E-state index contributed by atoms with van der Waals surface area (Å²) in [7, 11) is 4.07. The van der Waals surface area contributed by atoms with Gasteiger partial charge in [-0.05, 0) is 63.2 Å². The predicted molar refractivity (Wildman–Crippen MR) is 118 cm³/mol. The Morgan fingerprint density at radius 2 is 1.80 bits per heavy atom. The maximum absolute atomic E-state index is 12.6. The lowest BCUT2D eigenvalue weighted by molar-refractivity contribution is -0.139. The van der Waals surface area contributed by atoms with Gasteiger partial charge in [0.25, 0.3) is 5.91 Å². The number of nitrogens with zero attached hydrogens (tertiary/aromatic N) is 1. The van der Waals surface area contributed by atoms with Gasteiger partial charge in [0.1, 0.15) is 11.8 Å². The van der Waals surface area contributed by atoms with Crippen molar-refractivity contribution in [1.29, 1.82) is 0 Å². The molecule has 2 aromatic carbocycles. The van der Waals surface area contributed by atoms with Crippen LogP contribution in [-0.2, 0) is 17.6 Å². The van der Waals surface area contributed by atoms with Crippen LogP contribution in [-0.4, -0.2) is 53.7 Å². The summed E-state index contributed by atoms with van der Waals surface area (Å²) in [5.74, 6) is -2.02. The summed E-state index contributed by atoms with van der Waals surface area (Å²) in [6, 6.07) is 10.8. The van der Waals surface area contributed by atoms with Crippen LogP contribution >= 0.6 is 11.6 Å². The van der Waals surface area contributed by atoms with Crippen LogP contribution in [0.4, 0.5) is 0 Å². The van der Waals surface area contributed by atoms with Crippen molar-refractivity contribution in [3.63, 3.8) is 0 Å². The number of halogens is 1. The lowest BCUT2D eigenvalue weighted by Crippen LogP contribution is -2.42. The molecule has 0 heterocycles. The number of phenols is 1. The van der Waals surface area contributed by atoms with Gasteiger partial charge in [0.2, 0.25) is 0 Å². The topological polar surface area (TPSA) is 89.9 Å². The van der Waals surface area contributed by atoms with Crippen molar-refractivity contribution in [2.45, 2.75) is 38.1 Å². The van der Waals surface area contributed by atoms with Crippen LogP contribution in [0.25, 0.3) is 0 Å². The van der Waals surface area contributed by atoms with Gasteiger partial charge in [-0.1, -0.05) is 48.4 Å². The first-order chi connectivity index (χ1) is 14.3. The number of benzene rings is 2. The van der Waals surface area contributed by atoms with Crippen LogP contribution in [0.15, 0.2) is 42.5 Å². The Morgan fingerprint density at radius 3 is 2.43 bits per heavy atom. The molecule has 0 aliphatic rings. The fraction of sp³-hybridized carbons (Fsp3) is 0.391. The summed E-state index contributed by atoms with van der Waals surface area (Å²) < 4.78 is 0. The molecule has 30 heavy (non-hydrogen) atoms. The summed E-state index contributed by atoms with van der Waals surface area (Å²) in [5.41, 5.74) is 1.53. The standard InChI is InChI=1S/C23H29ClN2O4/c1-26(2)12-8-4-7-11-17-14-21(27)18(15-19(17)24)22(28)25-20(23(29)30)13-16-9-5-3-6-10-16/h3,5-6,9-10,14-15,20,27H,4,7-8,11-13H2,1-2H3,(H,25,28)(H,29,30)/t20-/m0/s1. The number of aryl methyl sites for hydroxylation is 1. The van der Waals surface area contributed by atoms with Crippen LogP contribution in [0, 0.1) is 0 Å². The molecule has 0 unspecified atom stereocenters. The number of rotatable bonds is 11. The minimum absolute atomic E-state index is 0.0318. The highest BCUT2D eigenvalue weighted by molar-refractivity contribution is 6.31. The molecule has 0 bridgehead atoms. The molecule has 162 valence electrons. The van der Waals surface area contributed by atoms with Crippen molar-refractivity contribution < 1.29 is 19.8 Å². The molecular weight excluding hydrogens is 404 g/mol. The van der Waals surface area contributed by atoms with E-state index >= 15 is 0 Å². The third kappa shape index (κ3) is 7.35. The van der Waals surface area contributed by atoms with Gasteiger partial charge in [-0.3, -0.25) is 4.79 Å². The fourth-order valence-corrected chi connectivity index (χ4v) is 3.44. The molecule has 0 aliphatic heterocycles. The van der Waals surface area contributed by atoms with Crippen LogP contribution in [0.3, 0.4) is 0 Å². The monoisotopic (exact) mass is 432 g/mol. The van der Waals surface area contributed by atoms with Crippen molar-refractivity contribution in [3.8, 4) is 5.75 Å². The van der Waals surface area contributed by atoms with Crippen molar-refractivity contribution >= 4 is 23.5 Å². The highest BCUT2D eigenvalue weighted by atomic mass is 35.5. The van der Waals surface area contributed by atoms with E-state index in [1.807, 2.05) is 20.2 Å². The number of hydrogen-bond donors (Lipinski definition) is 3. The van der Waals surface area contributed by atoms with Gasteiger partial charge in [0, 0.05) is 11.4 Å². The number of carbonyl (C=O) groups is 2. The second-order valence-corrected chi connectivity index (χ2v) is 8.04. The van der Waals surface area contributed by atoms with Crippen molar-refractivity contribution in [2.24, 2.45) is 0 Å². The average Bonchev–Trinajstić information content (AvgIpc) is 2.69. The minimum atomic E-state index is -1.15. The molecule has 6 nitrogen and oxygen atoms in total. The summed E-state index contributed by atoms with van der Waals surface area (Å²) in [5, 5.41) is 22.7. The highest BCUT2D eigenvalue weighted by Gasteiger charge is 2.23. The third-order valence-corrected chi connectivity index (χ3v) is 5.20. The van der Waals surface area contributed by atoms with Crippen LogP contribution in [0.5, 0.6) is 5.75 Å². The van der Waals surface area contributed by atoms with Gasteiger partial charge in [-0.15, -0.1) is 0 Å². The van der Waals surface area contributed by atoms with Gasteiger partial charge in [0.05, 0.1) is 5.56 Å². The molecule has 0 saturated carbocycles. The normalized spacial score (nSPS) is 12.0. The quantitative estimate of drug-likeness (QED) is 0.470. The van der Waals surface area contributed by atoms with Gasteiger partial charge in [-0.25, -0.2) is 4.79 Å². The number of aromatic hydroxyl groups is 1. The Balaban J connectivity index is 2.02. The number of aliphatic carboxylic acids is 1. The maximum atomic E-state index is 12.6. The van der Waals surface area contributed by atoms with E-state index < -0.39 is 17.9 Å². The first kappa shape index (κ1) is 23.7. The van der Waals surface area contributed by atoms with Crippen molar-refractivity contribution in [3.05, 3.63) is 64.2 Å². The molecule has 0 aromatic heterocycles. The molecule has 2 rings (SSSR count). The zero-order valence-corrected chi connectivity index (χ0v) is 18.2. The van der Waals surface area contributed by atoms with E-state index in [0.29, 0.717) is 11.4 Å². The van der Waals surface area contributed by atoms with E-state index in [2.05, 4.69) is 10.2 Å². The molecule has 2 aromatic rings. The summed E-state index contributed by atoms with van der Waals surface area (Å²) >= 11 is 6.32. The van der Waals surface area contributed by atoms with E-state index in [1.165, 1.54) is 12.1 Å². The van der Waals surface area contributed by atoms with Crippen molar-refractivity contribution in [1.82, 2.24) is 10.2 Å². The molecule has 0 spiro atoms. The zero-order valence-electron chi connectivity index (χ0n) is 17.4. The SMILES string of the molecule is CN(C)CCCCCc1cc(O)c(C(=O)N[C@@H](Cc2ccccc2)C(=O)O)cc1Cl. The van der Waals surface area contributed by atoms with Gasteiger partial charge in [-0.2, -0.15) is 0 Å². The first-order valence-electron chi connectivity index (χ1n) is 10.0. The first-order valence-corrected chi connectivity index (χ1v) is 10.4. The number of amides is 1. The lowest BCUT2D eigenvalue weighted by atomic mass is 10.0. The number of carbonyl (C=O) groups excluding carboxylic acids is 1. The van der Waals surface area contributed by atoms with E-state index in [0.717, 1.165) is 36.9 Å². The minimum Gasteiger partial charge on any atom is -0.507 e. The van der Waals surface area contributed by atoms with Crippen LogP contribution in [0.1, 0.15) is 40.7 Å². The number of carboxylic acids is 1. The fourth-order valence-electron chi connectivity index (χ4n) is 3.18. The van der Waals surface area contributed by atoms with E-state index in [9.17, 15) is 19.8 Å². The molecule has 0 fully saturated rings. The second-order valence-electron chi connectivity index (χ2n) is 7.63. The summed E-state index contributed by atoms with van der Waals surface area (Å²) in [4.78, 5) is 26.3. The second kappa shape index (κ2) is 11.6. The average molecular weight is 433 g/mol. The Hall–Kier alpha value is -2.57. The van der Waals surface area contributed by atoms with Crippen LogP contribution in [0.2, 0.25) is 5.02 Å². The number of phenolic OH excluding ortho intramolecular Hbond substituents is 1. The molecule has 0 aliphatic carbocycles. The smallest absolute Gasteiger partial charge is 0.326 e. The van der Waals surface area contributed by atoms with Gasteiger partial charge in [0.15, 0.2) is 0 Å². The lowest BCUT2D eigenvalue weighted by Gasteiger charge is -2.16. The van der Waals surface area contributed by atoms with E-state index in [-0.39, 0.29) is 17.7 Å². The highest BCUT2D eigenvalue weighted by Crippen LogP contribution is 2.28. The summed E-state index contributed by atoms with van der Waals surface area (Å²) in [6.45, 7) is 1.02. The Morgan fingerprint density at radius 1 is 1.10 bits per heavy atom. The zero-order chi connectivity index (χ0) is 22.1. The van der Waals surface area contributed by atoms with Gasteiger partial charge >= 0.3 is 5.97 Å². The molecule has 1 atom stereocenters. The Kier molecular flexibility index (Phi) is 9.15. The Labute approximate surface area is 182 Å². The third-order valence-electron chi connectivity index (χ3n) is 4.85. The maximum Gasteiger partial charge on any atom is 0.326 e. The number of hydrogen-bond acceptors (Lipinski definition) is 4. The number of unbranched alkanes of at least 4 members (excludes halogenated alkanes) is 2. The largest absolute Gasteiger partial charge is 0.507 e. The molecule has 1 amide bonds. The molecule has 0 saturated heterocycles. The molecule has 7 heteroatoms. The Bertz CT molecular complexity index is 856. The van der Waals surface area contributed by atoms with Gasteiger partial charge < -0.3 is 20.4 Å². The van der Waals surface area contributed by atoms with Crippen molar-refractivity contribution in [2.75, 3.05) is 20.6 Å². The molecule has 3 N–H and O–H groups in total. The molecule has 0 radical (unpaired) electrons.